The number of sulfonamides is 1. The van der Waals surface area contributed by atoms with E-state index in [1.54, 1.807) is 6.92 Å². The SMILES string of the molecule is Cc1cc(F)ccc1S(=O)(=O)N1CCCCC1CCNC(=O)C(=O)Nc1cccc(F)c1. The summed E-state index contributed by atoms with van der Waals surface area (Å²) in [5, 5.41) is 4.79. The van der Waals surface area contributed by atoms with Gasteiger partial charge in [0, 0.05) is 24.8 Å². The van der Waals surface area contributed by atoms with Crippen molar-refractivity contribution >= 4 is 27.5 Å². The minimum Gasteiger partial charge on any atom is -0.348 e. The van der Waals surface area contributed by atoms with Gasteiger partial charge in [0.05, 0.1) is 4.90 Å². The lowest BCUT2D eigenvalue weighted by Gasteiger charge is -2.35. The van der Waals surface area contributed by atoms with Crippen molar-refractivity contribution in [1.29, 1.82) is 0 Å². The lowest BCUT2D eigenvalue weighted by atomic mass is 10.0. The highest BCUT2D eigenvalue weighted by molar-refractivity contribution is 7.89. The number of hydrogen-bond acceptors (Lipinski definition) is 4. The maximum atomic E-state index is 13.4. The molecule has 10 heteroatoms. The molecular formula is C22H25F2N3O4S. The standard InChI is InChI=1S/C22H25F2N3O4S/c1-15-13-17(24)8-9-20(15)32(30,31)27-12-3-2-7-19(27)10-11-25-21(28)22(29)26-18-6-4-5-16(23)14-18/h4-6,8-9,13-14,19H,2-3,7,10-12H2,1H3,(H,25,28)(H,26,29). The first kappa shape index (κ1) is 23.8. The lowest BCUT2D eigenvalue weighted by Crippen LogP contribution is -2.46. The van der Waals surface area contributed by atoms with Crippen molar-refractivity contribution in [3.63, 3.8) is 0 Å². The number of carbonyl (C=O) groups excluding carboxylic acids is 2. The van der Waals surface area contributed by atoms with Gasteiger partial charge in [-0.25, -0.2) is 17.2 Å². The predicted octanol–water partition coefficient (Wildman–Crippen LogP) is 2.96. The monoisotopic (exact) mass is 465 g/mol. The topological polar surface area (TPSA) is 95.6 Å². The molecule has 0 aromatic heterocycles. The average Bonchev–Trinajstić information content (AvgIpc) is 2.73. The van der Waals surface area contributed by atoms with E-state index in [1.165, 1.54) is 34.6 Å². The molecule has 0 spiro atoms. The number of halogens is 2. The van der Waals surface area contributed by atoms with Gasteiger partial charge in [0.2, 0.25) is 10.0 Å². The third kappa shape index (κ3) is 5.68. The third-order valence-electron chi connectivity index (χ3n) is 5.35. The number of rotatable bonds is 6. The van der Waals surface area contributed by atoms with E-state index < -0.39 is 33.5 Å². The number of carbonyl (C=O) groups is 2. The van der Waals surface area contributed by atoms with Crippen LogP contribution in [0.15, 0.2) is 47.4 Å². The summed E-state index contributed by atoms with van der Waals surface area (Å²) in [5.41, 5.74) is 0.487. The quantitative estimate of drug-likeness (QED) is 0.642. The number of amides is 2. The first-order valence-corrected chi connectivity index (χ1v) is 11.8. The highest BCUT2D eigenvalue weighted by Crippen LogP contribution is 2.28. The molecule has 1 atom stereocenters. The Hall–Kier alpha value is -2.85. The maximum Gasteiger partial charge on any atom is 0.313 e. The molecule has 1 unspecified atom stereocenters. The molecule has 1 aliphatic heterocycles. The van der Waals surface area contributed by atoms with Crippen LogP contribution in [0.5, 0.6) is 0 Å². The van der Waals surface area contributed by atoms with Crippen LogP contribution in [0.4, 0.5) is 14.5 Å². The van der Waals surface area contributed by atoms with Gasteiger partial charge in [0.25, 0.3) is 0 Å². The second-order valence-electron chi connectivity index (χ2n) is 7.68. The molecule has 0 saturated carbocycles. The Bertz CT molecular complexity index is 1110. The zero-order valence-electron chi connectivity index (χ0n) is 17.6. The molecule has 2 aromatic rings. The number of nitrogens with one attached hydrogen (secondary N) is 2. The Kier molecular flexibility index (Phi) is 7.57. The second-order valence-corrected chi connectivity index (χ2v) is 9.54. The maximum absolute atomic E-state index is 13.4. The zero-order valence-corrected chi connectivity index (χ0v) is 18.4. The van der Waals surface area contributed by atoms with Gasteiger partial charge in [-0.15, -0.1) is 0 Å². The fourth-order valence-electron chi connectivity index (χ4n) is 3.79. The van der Waals surface area contributed by atoms with E-state index in [0.717, 1.165) is 18.6 Å². The Labute approximate surface area is 185 Å². The first-order chi connectivity index (χ1) is 15.2. The molecule has 0 radical (unpaired) electrons. The zero-order chi connectivity index (χ0) is 23.3. The highest BCUT2D eigenvalue weighted by Gasteiger charge is 2.34. The van der Waals surface area contributed by atoms with E-state index in [-0.39, 0.29) is 23.2 Å². The molecule has 7 nitrogen and oxygen atoms in total. The minimum atomic E-state index is -3.83. The van der Waals surface area contributed by atoms with Gasteiger partial charge in [-0.2, -0.15) is 4.31 Å². The molecule has 2 amide bonds. The first-order valence-electron chi connectivity index (χ1n) is 10.3. The van der Waals surface area contributed by atoms with Gasteiger partial charge in [-0.1, -0.05) is 12.5 Å². The van der Waals surface area contributed by atoms with Crippen LogP contribution in [-0.4, -0.2) is 43.7 Å². The van der Waals surface area contributed by atoms with Crippen LogP contribution in [-0.2, 0) is 19.6 Å². The summed E-state index contributed by atoms with van der Waals surface area (Å²) in [6.07, 6.45) is 2.48. The highest BCUT2D eigenvalue weighted by atomic mass is 32.2. The summed E-state index contributed by atoms with van der Waals surface area (Å²) in [4.78, 5) is 24.1. The van der Waals surface area contributed by atoms with Gasteiger partial charge < -0.3 is 10.6 Å². The molecule has 172 valence electrons. The second kappa shape index (κ2) is 10.2. The van der Waals surface area contributed by atoms with Crippen LogP contribution in [0.25, 0.3) is 0 Å². The van der Waals surface area contributed by atoms with Crippen molar-refractivity contribution in [2.45, 2.75) is 43.5 Å². The number of piperidine rings is 1. The number of nitrogens with zero attached hydrogens (tertiary/aromatic N) is 1. The summed E-state index contributed by atoms with van der Waals surface area (Å²) in [7, 11) is -3.83. The third-order valence-corrected chi connectivity index (χ3v) is 7.46. The Balaban J connectivity index is 1.60. The van der Waals surface area contributed by atoms with Gasteiger partial charge in [-0.3, -0.25) is 9.59 Å². The molecular weight excluding hydrogens is 440 g/mol. The fourth-order valence-corrected chi connectivity index (χ4v) is 5.73. The van der Waals surface area contributed by atoms with Crippen molar-refractivity contribution in [2.75, 3.05) is 18.4 Å². The molecule has 0 bridgehead atoms. The van der Waals surface area contributed by atoms with E-state index in [9.17, 15) is 26.8 Å². The van der Waals surface area contributed by atoms with E-state index in [4.69, 9.17) is 0 Å². The number of hydrogen-bond donors (Lipinski definition) is 2. The lowest BCUT2D eigenvalue weighted by molar-refractivity contribution is -0.136. The summed E-state index contributed by atoms with van der Waals surface area (Å²) in [5.74, 6) is -2.88. The molecule has 1 fully saturated rings. The molecule has 1 saturated heterocycles. The fraction of sp³-hybridized carbons (Fsp3) is 0.364. The van der Waals surface area contributed by atoms with Gasteiger partial charge in [-0.05, 0) is 68.1 Å². The van der Waals surface area contributed by atoms with E-state index in [1.807, 2.05) is 0 Å². The van der Waals surface area contributed by atoms with Crippen LogP contribution in [0.2, 0.25) is 0 Å². The smallest absolute Gasteiger partial charge is 0.313 e. The number of anilines is 1. The van der Waals surface area contributed by atoms with Crippen molar-refractivity contribution in [1.82, 2.24) is 9.62 Å². The summed E-state index contributed by atoms with van der Waals surface area (Å²) < 4.78 is 54.4. The van der Waals surface area contributed by atoms with Crippen LogP contribution in [0.3, 0.4) is 0 Å². The van der Waals surface area contributed by atoms with Crippen LogP contribution in [0.1, 0.15) is 31.2 Å². The largest absolute Gasteiger partial charge is 0.348 e. The normalized spacial score (nSPS) is 17.0. The summed E-state index contributed by atoms with van der Waals surface area (Å²) >= 11 is 0. The summed E-state index contributed by atoms with van der Waals surface area (Å²) in [6, 6.07) is 8.38. The Morgan fingerprint density at radius 1 is 1.06 bits per heavy atom. The van der Waals surface area contributed by atoms with Crippen LogP contribution < -0.4 is 10.6 Å². The van der Waals surface area contributed by atoms with Gasteiger partial charge in [0.15, 0.2) is 0 Å². The van der Waals surface area contributed by atoms with E-state index in [0.29, 0.717) is 31.4 Å². The molecule has 2 N–H and O–H groups in total. The van der Waals surface area contributed by atoms with Crippen molar-refractivity contribution in [3.8, 4) is 0 Å². The Morgan fingerprint density at radius 3 is 2.53 bits per heavy atom. The molecule has 0 aliphatic carbocycles. The number of benzene rings is 2. The molecule has 1 heterocycles. The van der Waals surface area contributed by atoms with Crippen LogP contribution >= 0.6 is 0 Å². The number of aryl methyl sites for hydroxylation is 1. The molecule has 2 aromatic carbocycles. The van der Waals surface area contributed by atoms with Crippen LogP contribution in [0, 0.1) is 18.6 Å². The van der Waals surface area contributed by atoms with Gasteiger partial charge >= 0.3 is 11.8 Å². The van der Waals surface area contributed by atoms with Crippen molar-refractivity contribution in [3.05, 3.63) is 59.7 Å². The molecule has 1 aliphatic rings. The predicted molar refractivity (Wildman–Crippen MR) is 115 cm³/mol. The van der Waals surface area contributed by atoms with E-state index in [2.05, 4.69) is 10.6 Å². The van der Waals surface area contributed by atoms with Gasteiger partial charge in [0.1, 0.15) is 11.6 Å². The minimum absolute atomic E-state index is 0.0595. The molecule has 32 heavy (non-hydrogen) atoms. The van der Waals surface area contributed by atoms with Crippen molar-refractivity contribution in [2.24, 2.45) is 0 Å². The summed E-state index contributed by atoms with van der Waals surface area (Å²) in [6.45, 7) is 1.97. The van der Waals surface area contributed by atoms with Crippen molar-refractivity contribution < 1.29 is 26.8 Å². The molecule has 3 rings (SSSR count). The van der Waals surface area contributed by atoms with E-state index >= 15 is 0 Å². The Morgan fingerprint density at radius 2 is 1.81 bits per heavy atom. The average molecular weight is 466 g/mol.